The number of nitrogens with one attached hydrogen (secondary N) is 2. The first-order valence-corrected chi connectivity index (χ1v) is 11.2. The molecule has 0 aliphatic rings. The largest absolute Gasteiger partial charge is 0.497 e. The molecule has 5 aromatic rings. The van der Waals surface area contributed by atoms with Gasteiger partial charge in [-0.1, -0.05) is 30.7 Å². The van der Waals surface area contributed by atoms with E-state index in [1.807, 2.05) is 59.9 Å². The Balaban J connectivity index is 1.62. The average molecular weight is 470 g/mol. The molecule has 0 atom stereocenters. The fourth-order valence-electron chi connectivity index (χ4n) is 4.33. The van der Waals surface area contributed by atoms with Crippen molar-refractivity contribution in [3.8, 4) is 11.8 Å². The third-order valence-electron chi connectivity index (χ3n) is 6.04. The van der Waals surface area contributed by atoms with Crippen LogP contribution in [0, 0.1) is 18.3 Å². The minimum atomic E-state index is 0.350. The fraction of sp³-hybridized carbons (Fsp3) is 0.154. The van der Waals surface area contributed by atoms with Crippen LogP contribution in [0.4, 0.5) is 5.82 Å². The van der Waals surface area contributed by atoms with E-state index in [4.69, 9.17) is 16.3 Å². The summed E-state index contributed by atoms with van der Waals surface area (Å²) in [6, 6.07) is 17.9. The molecule has 5 rings (SSSR count). The highest BCUT2D eigenvalue weighted by Gasteiger charge is 2.24. The summed E-state index contributed by atoms with van der Waals surface area (Å²) in [6.07, 6.45) is 2.40. The Kier molecular flexibility index (Phi) is 5.52. The van der Waals surface area contributed by atoms with Crippen LogP contribution in [0.1, 0.15) is 29.2 Å². The van der Waals surface area contributed by atoms with Gasteiger partial charge in [0.25, 0.3) is 5.82 Å². The number of nitriles is 1. The number of fused-ring (bicyclic) bond motifs is 4. The van der Waals surface area contributed by atoms with Crippen LogP contribution >= 0.6 is 11.6 Å². The summed E-state index contributed by atoms with van der Waals surface area (Å²) in [5.41, 5.74) is 9.86. The Morgan fingerprint density at radius 2 is 2.09 bits per heavy atom. The molecule has 0 aliphatic carbocycles. The summed E-state index contributed by atoms with van der Waals surface area (Å²) >= 11 is 6.44. The van der Waals surface area contributed by atoms with Crippen molar-refractivity contribution in [2.24, 2.45) is 5.10 Å². The van der Waals surface area contributed by atoms with Gasteiger partial charge in [-0.2, -0.15) is 15.1 Å². The van der Waals surface area contributed by atoms with Crippen LogP contribution in [-0.2, 0) is 6.42 Å². The van der Waals surface area contributed by atoms with Crippen LogP contribution in [0.25, 0.3) is 27.6 Å². The van der Waals surface area contributed by atoms with Crippen molar-refractivity contribution in [3.05, 3.63) is 75.9 Å². The molecule has 0 fully saturated rings. The van der Waals surface area contributed by atoms with Gasteiger partial charge in [0, 0.05) is 22.6 Å². The molecule has 0 saturated carbocycles. The summed E-state index contributed by atoms with van der Waals surface area (Å²) in [4.78, 5) is 7.87. The van der Waals surface area contributed by atoms with E-state index in [0.29, 0.717) is 16.3 Å². The standard InChI is InChI=1S/C26H21ClN6O/c1-4-19-15(2)20(13-28)25-31-21-7-5-6-8-23(21)33(25)26(19)32-29-14-17-11-16-9-10-18(34-3)12-22(16)30-24(17)27/h5-12,14H,4H2,1-3H3,(H,31,32)/p+1. The number of para-hydroxylation sites is 2. The van der Waals surface area contributed by atoms with Crippen molar-refractivity contribution in [2.75, 3.05) is 12.5 Å². The smallest absolute Gasteiger partial charge is 0.253 e. The number of H-pyrrole nitrogens is 1. The molecule has 168 valence electrons. The van der Waals surface area contributed by atoms with Crippen LogP contribution in [0.5, 0.6) is 5.75 Å². The normalized spacial score (nSPS) is 11.5. The van der Waals surface area contributed by atoms with Gasteiger partial charge in [-0.05, 0) is 49.2 Å². The molecule has 0 saturated heterocycles. The van der Waals surface area contributed by atoms with Crippen molar-refractivity contribution in [1.29, 1.82) is 5.26 Å². The van der Waals surface area contributed by atoms with Crippen LogP contribution in [0.3, 0.4) is 0 Å². The van der Waals surface area contributed by atoms with Crippen LogP contribution < -0.4 is 14.6 Å². The van der Waals surface area contributed by atoms with Gasteiger partial charge >= 0.3 is 0 Å². The summed E-state index contributed by atoms with van der Waals surface area (Å²) in [7, 11) is 1.62. The summed E-state index contributed by atoms with van der Waals surface area (Å²) in [6.45, 7) is 4.04. The van der Waals surface area contributed by atoms with Crippen molar-refractivity contribution < 1.29 is 9.14 Å². The number of hydrogen-bond donors (Lipinski definition) is 2. The molecule has 8 heteroatoms. The maximum absolute atomic E-state index is 9.86. The maximum Gasteiger partial charge on any atom is 0.253 e. The molecule has 0 spiro atoms. The van der Waals surface area contributed by atoms with Gasteiger partial charge in [-0.15, -0.1) is 5.10 Å². The average Bonchev–Trinajstić information content (AvgIpc) is 3.23. The highest BCUT2D eigenvalue weighted by Crippen LogP contribution is 2.26. The van der Waals surface area contributed by atoms with Gasteiger partial charge in [0.2, 0.25) is 5.65 Å². The number of rotatable bonds is 5. The Bertz CT molecular complexity index is 1650. The highest BCUT2D eigenvalue weighted by atomic mass is 35.5. The predicted octanol–water partition coefficient (Wildman–Crippen LogP) is 5.31. The summed E-state index contributed by atoms with van der Waals surface area (Å²) < 4.78 is 7.29. The Morgan fingerprint density at radius 1 is 1.26 bits per heavy atom. The van der Waals surface area contributed by atoms with E-state index in [9.17, 15) is 5.26 Å². The first-order chi connectivity index (χ1) is 16.5. The molecular weight excluding hydrogens is 448 g/mol. The molecule has 0 amide bonds. The van der Waals surface area contributed by atoms with E-state index in [2.05, 4.69) is 33.5 Å². The highest BCUT2D eigenvalue weighted by molar-refractivity contribution is 6.32. The number of imidazole rings is 1. The molecule has 34 heavy (non-hydrogen) atoms. The Morgan fingerprint density at radius 3 is 2.85 bits per heavy atom. The number of hydrazone groups is 1. The number of anilines is 1. The molecule has 0 aliphatic heterocycles. The van der Waals surface area contributed by atoms with Crippen molar-refractivity contribution in [1.82, 2.24) is 9.97 Å². The summed E-state index contributed by atoms with van der Waals surface area (Å²) in [5.74, 6) is 1.53. The van der Waals surface area contributed by atoms with Crippen molar-refractivity contribution in [2.45, 2.75) is 20.3 Å². The Hall–Kier alpha value is -4.15. The zero-order valence-corrected chi connectivity index (χ0v) is 19.7. The lowest BCUT2D eigenvalue weighted by atomic mass is 10.0. The Labute approximate surface area is 201 Å². The van der Waals surface area contributed by atoms with Crippen LogP contribution in [0.2, 0.25) is 5.15 Å². The number of nitrogens with zero attached hydrogens (tertiary/aromatic N) is 4. The third-order valence-corrected chi connectivity index (χ3v) is 6.34. The minimum Gasteiger partial charge on any atom is -0.497 e. The SMILES string of the molecule is CCc1c(C)c(C#N)c2[nH]c3ccccc3[n+]2c1NN=Cc1cc2ccc(OC)cc2nc1Cl. The van der Waals surface area contributed by atoms with Gasteiger partial charge < -0.3 is 4.74 Å². The first kappa shape index (κ1) is 21.7. The molecule has 0 radical (unpaired) electrons. The van der Waals surface area contributed by atoms with Crippen molar-refractivity contribution >= 4 is 51.2 Å². The molecule has 7 nitrogen and oxygen atoms in total. The van der Waals surface area contributed by atoms with Gasteiger partial charge in [-0.3, -0.25) is 4.98 Å². The van der Waals surface area contributed by atoms with E-state index in [-0.39, 0.29) is 0 Å². The molecule has 2 aromatic carbocycles. The van der Waals surface area contributed by atoms with E-state index in [1.54, 1.807) is 13.3 Å². The molecule has 2 N–H and O–H groups in total. The number of halogens is 1. The minimum absolute atomic E-state index is 0.350. The van der Waals surface area contributed by atoms with E-state index >= 15 is 0 Å². The molecule has 0 unspecified atom stereocenters. The zero-order chi connectivity index (χ0) is 23.8. The number of benzene rings is 2. The topological polar surface area (TPSA) is 90.2 Å². The van der Waals surface area contributed by atoms with Crippen molar-refractivity contribution in [3.63, 3.8) is 0 Å². The van der Waals surface area contributed by atoms with E-state index in [0.717, 1.165) is 56.7 Å². The molecule has 3 aromatic heterocycles. The molecule has 3 heterocycles. The monoisotopic (exact) mass is 469 g/mol. The van der Waals surface area contributed by atoms with Gasteiger partial charge in [-0.25, -0.2) is 4.98 Å². The van der Waals surface area contributed by atoms with Crippen LogP contribution in [0.15, 0.2) is 53.6 Å². The zero-order valence-electron chi connectivity index (χ0n) is 19.0. The van der Waals surface area contributed by atoms with E-state index < -0.39 is 0 Å². The van der Waals surface area contributed by atoms with Gasteiger partial charge in [0.15, 0.2) is 0 Å². The first-order valence-electron chi connectivity index (χ1n) is 10.9. The van der Waals surface area contributed by atoms with Gasteiger partial charge in [0.05, 0.1) is 18.8 Å². The number of aromatic nitrogens is 3. The van der Waals surface area contributed by atoms with Gasteiger partial charge in [0.1, 0.15) is 33.6 Å². The second-order valence-electron chi connectivity index (χ2n) is 7.92. The lowest BCUT2D eigenvalue weighted by Gasteiger charge is -2.10. The van der Waals surface area contributed by atoms with E-state index in [1.165, 1.54) is 0 Å². The molecule has 0 bridgehead atoms. The number of aromatic amines is 1. The maximum atomic E-state index is 9.86. The quantitative estimate of drug-likeness (QED) is 0.158. The van der Waals surface area contributed by atoms with Crippen LogP contribution in [-0.4, -0.2) is 23.3 Å². The second kappa shape index (κ2) is 8.65. The number of ether oxygens (including phenoxy) is 1. The number of methoxy groups -OCH3 is 1. The predicted molar refractivity (Wildman–Crippen MR) is 135 cm³/mol. The third kappa shape index (κ3) is 3.49. The summed E-state index contributed by atoms with van der Waals surface area (Å²) in [5, 5.41) is 15.7. The fourth-order valence-corrected chi connectivity index (χ4v) is 4.53. The number of pyridine rings is 2. The molecular formula is C26H22ClN6O+. The lowest BCUT2D eigenvalue weighted by molar-refractivity contribution is -0.465. The number of hydrogen-bond acceptors (Lipinski definition) is 5. The second-order valence-corrected chi connectivity index (χ2v) is 8.27. The lowest BCUT2D eigenvalue weighted by Crippen LogP contribution is -2.28.